The molecule has 0 bridgehead atoms. The summed E-state index contributed by atoms with van der Waals surface area (Å²) in [5, 5.41) is 9.16. The van der Waals surface area contributed by atoms with Crippen LogP contribution in [-0.2, 0) is 19.1 Å². The van der Waals surface area contributed by atoms with Crippen LogP contribution in [0.3, 0.4) is 0 Å². The Hall–Kier alpha value is -1.18. The van der Waals surface area contributed by atoms with Gasteiger partial charge in [-0.1, -0.05) is 0 Å². The molecule has 3 N–H and O–H groups in total. The highest BCUT2D eigenvalue weighted by Crippen LogP contribution is 2.21. The Balaban J connectivity index is 2.64. The molecule has 7 nitrogen and oxygen atoms in total. The van der Waals surface area contributed by atoms with E-state index in [9.17, 15) is 9.59 Å². The molecule has 0 saturated carbocycles. The van der Waals surface area contributed by atoms with Gasteiger partial charge in [-0.2, -0.15) is 0 Å². The molecule has 0 aromatic carbocycles. The highest BCUT2D eigenvalue weighted by molar-refractivity contribution is 5.83. The van der Waals surface area contributed by atoms with Gasteiger partial charge in [0.2, 0.25) is 5.91 Å². The molecule has 0 aromatic rings. The molecule has 0 radical (unpaired) electrons. The van der Waals surface area contributed by atoms with Gasteiger partial charge in [-0.05, 0) is 19.8 Å². The molecule has 1 rings (SSSR count). The van der Waals surface area contributed by atoms with Gasteiger partial charge < -0.3 is 25.2 Å². The number of hydrogen-bond acceptors (Lipinski definition) is 5. The molecule has 0 spiro atoms. The maximum atomic E-state index is 12.3. The number of carboxylic acids is 1. The second kappa shape index (κ2) is 8.18. The normalized spacial score (nSPS) is 23.6. The third-order valence-electron chi connectivity index (χ3n) is 3.57. The Morgan fingerprint density at radius 1 is 1.50 bits per heavy atom. The van der Waals surface area contributed by atoms with Crippen LogP contribution in [0.2, 0.25) is 0 Å². The third-order valence-corrected chi connectivity index (χ3v) is 3.57. The maximum Gasteiger partial charge on any atom is 0.311 e. The summed E-state index contributed by atoms with van der Waals surface area (Å²) < 4.78 is 10.1. The molecular weight excluding hydrogens is 264 g/mol. The molecule has 1 saturated heterocycles. The average Bonchev–Trinajstić information content (AvgIpc) is 2.89. The Kier molecular flexibility index (Phi) is 6.90. The van der Waals surface area contributed by atoms with E-state index in [1.54, 1.807) is 7.11 Å². The van der Waals surface area contributed by atoms with Gasteiger partial charge in [0.1, 0.15) is 5.92 Å². The fourth-order valence-electron chi connectivity index (χ4n) is 2.42. The lowest BCUT2D eigenvalue weighted by Gasteiger charge is -2.31. The number of carbonyl (C=O) groups is 2. The van der Waals surface area contributed by atoms with E-state index in [2.05, 4.69) is 0 Å². The SMILES string of the molecule is CCN(C(=O)C(N)CCCOC)C1COCC1C(=O)O. The van der Waals surface area contributed by atoms with Crippen LogP contribution in [0.5, 0.6) is 0 Å². The summed E-state index contributed by atoms with van der Waals surface area (Å²) in [6, 6.07) is -1.06. The third kappa shape index (κ3) is 4.16. The van der Waals surface area contributed by atoms with E-state index in [0.29, 0.717) is 26.0 Å². The highest BCUT2D eigenvalue weighted by atomic mass is 16.5. The number of methoxy groups -OCH3 is 1. The molecular formula is C13H24N2O5. The summed E-state index contributed by atoms with van der Waals surface area (Å²) in [6.45, 7) is 3.19. The van der Waals surface area contributed by atoms with Crippen LogP contribution in [0.15, 0.2) is 0 Å². The molecule has 7 heteroatoms. The van der Waals surface area contributed by atoms with E-state index in [1.165, 1.54) is 4.90 Å². The number of carbonyl (C=O) groups excluding carboxylic acids is 1. The first kappa shape index (κ1) is 16.9. The summed E-state index contributed by atoms with van der Waals surface area (Å²) in [6.07, 6.45) is 1.22. The van der Waals surface area contributed by atoms with Gasteiger partial charge in [-0.15, -0.1) is 0 Å². The van der Waals surface area contributed by atoms with Crippen molar-refractivity contribution in [2.45, 2.75) is 31.8 Å². The second-order valence-corrected chi connectivity index (χ2v) is 4.92. The van der Waals surface area contributed by atoms with Gasteiger partial charge in [-0.25, -0.2) is 0 Å². The van der Waals surface area contributed by atoms with Crippen LogP contribution < -0.4 is 5.73 Å². The molecule has 1 amide bonds. The number of amides is 1. The number of ether oxygens (including phenoxy) is 2. The van der Waals surface area contributed by atoms with Crippen LogP contribution in [0.4, 0.5) is 0 Å². The number of hydrogen-bond donors (Lipinski definition) is 2. The predicted molar refractivity (Wildman–Crippen MR) is 72.2 cm³/mol. The van der Waals surface area contributed by atoms with E-state index in [1.807, 2.05) is 6.92 Å². The molecule has 3 atom stereocenters. The fourth-order valence-corrected chi connectivity index (χ4v) is 2.42. The number of likely N-dealkylation sites (N-methyl/N-ethyl adjacent to an activating group) is 1. The first-order valence-electron chi connectivity index (χ1n) is 6.88. The van der Waals surface area contributed by atoms with Crippen LogP contribution in [0.1, 0.15) is 19.8 Å². The predicted octanol–water partition coefficient (Wildman–Crippen LogP) is -0.312. The van der Waals surface area contributed by atoms with E-state index in [0.717, 1.165) is 0 Å². The smallest absolute Gasteiger partial charge is 0.311 e. The fraction of sp³-hybridized carbons (Fsp3) is 0.846. The van der Waals surface area contributed by atoms with E-state index in [4.69, 9.17) is 20.3 Å². The molecule has 1 aliphatic rings. The molecule has 1 fully saturated rings. The number of carboxylic acid groups (broad SMARTS) is 1. The van der Waals surface area contributed by atoms with Gasteiger partial charge in [-0.3, -0.25) is 9.59 Å². The first-order chi connectivity index (χ1) is 9.52. The van der Waals surface area contributed by atoms with Crippen LogP contribution in [0.25, 0.3) is 0 Å². The second-order valence-electron chi connectivity index (χ2n) is 4.92. The lowest BCUT2D eigenvalue weighted by atomic mass is 10.0. The van der Waals surface area contributed by atoms with Crippen molar-refractivity contribution in [2.75, 3.05) is 33.5 Å². The Morgan fingerprint density at radius 2 is 2.20 bits per heavy atom. The van der Waals surface area contributed by atoms with Gasteiger partial charge in [0, 0.05) is 20.3 Å². The number of rotatable bonds is 8. The summed E-state index contributed by atoms with van der Waals surface area (Å²) >= 11 is 0. The Morgan fingerprint density at radius 3 is 2.75 bits per heavy atom. The number of nitrogens with zero attached hydrogens (tertiary/aromatic N) is 1. The molecule has 3 unspecified atom stereocenters. The van der Waals surface area contributed by atoms with Gasteiger partial charge in [0.25, 0.3) is 0 Å². The van der Waals surface area contributed by atoms with Crippen molar-refractivity contribution >= 4 is 11.9 Å². The zero-order chi connectivity index (χ0) is 15.1. The minimum Gasteiger partial charge on any atom is -0.481 e. The number of nitrogens with two attached hydrogens (primary N) is 1. The lowest BCUT2D eigenvalue weighted by molar-refractivity contribution is -0.145. The van der Waals surface area contributed by atoms with Crippen molar-refractivity contribution in [3.63, 3.8) is 0 Å². The average molecular weight is 288 g/mol. The van der Waals surface area contributed by atoms with Crippen LogP contribution in [-0.4, -0.2) is 67.4 Å². The van der Waals surface area contributed by atoms with Gasteiger partial charge in [0.05, 0.1) is 25.3 Å². The van der Waals surface area contributed by atoms with Crippen molar-refractivity contribution < 1.29 is 24.2 Å². The standard InChI is InChI=1S/C13H24N2O5/c1-3-15(11-8-20-7-9(11)13(17)18)12(16)10(14)5-4-6-19-2/h9-11H,3-8,14H2,1-2H3,(H,17,18). The van der Waals surface area contributed by atoms with Gasteiger partial charge >= 0.3 is 5.97 Å². The monoisotopic (exact) mass is 288 g/mol. The summed E-state index contributed by atoms with van der Waals surface area (Å²) in [5.41, 5.74) is 5.89. The van der Waals surface area contributed by atoms with Crippen LogP contribution in [0, 0.1) is 5.92 Å². The Labute approximate surface area is 119 Å². The van der Waals surface area contributed by atoms with Crippen molar-refractivity contribution in [1.29, 1.82) is 0 Å². The van der Waals surface area contributed by atoms with E-state index in [-0.39, 0.29) is 19.1 Å². The summed E-state index contributed by atoms with van der Waals surface area (Å²) in [4.78, 5) is 25.0. The molecule has 0 aromatic heterocycles. The maximum absolute atomic E-state index is 12.3. The largest absolute Gasteiger partial charge is 0.481 e. The summed E-state index contributed by atoms with van der Waals surface area (Å²) in [7, 11) is 1.60. The minimum absolute atomic E-state index is 0.142. The molecule has 1 heterocycles. The van der Waals surface area contributed by atoms with Crippen molar-refractivity contribution in [3.05, 3.63) is 0 Å². The van der Waals surface area contributed by atoms with Gasteiger partial charge in [0.15, 0.2) is 0 Å². The van der Waals surface area contributed by atoms with E-state index < -0.39 is 24.0 Å². The van der Waals surface area contributed by atoms with Crippen molar-refractivity contribution in [2.24, 2.45) is 11.7 Å². The number of aliphatic carboxylic acids is 1. The molecule has 1 aliphatic heterocycles. The quantitative estimate of drug-likeness (QED) is 0.594. The zero-order valence-corrected chi connectivity index (χ0v) is 12.1. The molecule has 20 heavy (non-hydrogen) atoms. The van der Waals surface area contributed by atoms with Crippen molar-refractivity contribution in [3.8, 4) is 0 Å². The van der Waals surface area contributed by atoms with E-state index >= 15 is 0 Å². The zero-order valence-electron chi connectivity index (χ0n) is 12.1. The molecule has 0 aliphatic carbocycles. The summed E-state index contributed by atoms with van der Waals surface area (Å²) in [5.74, 6) is -1.83. The minimum atomic E-state index is -0.938. The lowest BCUT2D eigenvalue weighted by Crippen LogP contribution is -2.52. The molecule has 116 valence electrons. The Bertz CT molecular complexity index is 337. The highest BCUT2D eigenvalue weighted by Gasteiger charge is 2.40. The van der Waals surface area contributed by atoms with Crippen LogP contribution >= 0.6 is 0 Å². The topological polar surface area (TPSA) is 102 Å². The van der Waals surface area contributed by atoms with Crippen molar-refractivity contribution in [1.82, 2.24) is 4.90 Å². The first-order valence-corrected chi connectivity index (χ1v) is 6.88.